The molecule has 0 saturated carbocycles. The summed E-state index contributed by atoms with van der Waals surface area (Å²) in [6.45, 7) is 2.84. The predicted octanol–water partition coefficient (Wildman–Crippen LogP) is 1.55. The maximum Gasteiger partial charge on any atom is 0.158 e. The van der Waals surface area contributed by atoms with Gasteiger partial charge in [-0.25, -0.2) is 9.67 Å². The van der Waals surface area contributed by atoms with E-state index in [-0.39, 0.29) is 0 Å². The van der Waals surface area contributed by atoms with Crippen LogP contribution in [0.15, 0.2) is 30.6 Å². The topological polar surface area (TPSA) is 56.7 Å². The number of anilines is 1. The van der Waals surface area contributed by atoms with Crippen molar-refractivity contribution in [2.75, 3.05) is 5.73 Å². The highest BCUT2D eigenvalue weighted by atomic mass is 15.3. The number of nitrogens with zero attached hydrogens (tertiary/aromatic N) is 3. The maximum atomic E-state index is 5.70. The minimum absolute atomic E-state index is 0.744. The molecule has 2 N–H and O–H groups in total. The number of hydrogen-bond donors (Lipinski definition) is 1. The van der Waals surface area contributed by atoms with Crippen molar-refractivity contribution in [3.63, 3.8) is 0 Å². The van der Waals surface area contributed by atoms with Crippen LogP contribution in [0.4, 0.5) is 5.69 Å². The van der Waals surface area contributed by atoms with E-state index >= 15 is 0 Å². The first-order chi connectivity index (χ1) is 6.81. The molecule has 2 rings (SSSR count). The molecule has 0 spiro atoms. The van der Waals surface area contributed by atoms with E-state index in [0.29, 0.717) is 0 Å². The Labute approximate surface area is 82.4 Å². The third kappa shape index (κ3) is 1.46. The summed E-state index contributed by atoms with van der Waals surface area (Å²) < 4.78 is 1.84. The van der Waals surface area contributed by atoms with Gasteiger partial charge in [-0.05, 0) is 19.1 Å². The van der Waals surface area contributed by atoms with Gasteiger partial charge in [-0.15, -0.1) is 0 Å². The smallest absolute Gasteiger partial charge is 0.158 e. The zero-order valence-electron chi connectivity index (χ0n) is 8.01. The fourth-order valence-electron chi connectivity index (χ4n) is 1.40. The molecule has 4 heteroatoms. The lowest BCUT2D eigenvalue weighted by atomic mass is 10.2. The Morgan fingerprint density at radius 3 is 3.00 bits per heavy atom. The summed E-state index contributed by atoms with van der Waals surface area (Å²) >= 11 is 0. The fourth-order valence-corrected chi connectivity index (χ4v) is 1.40. The highest BCUT2D eigenvalue weighted by molar-refractivity contribution is 5.60. The Morgan fingerprint density at radius 2 is 2.29 bits per heavy atom. The Bertz CT molecular complexity index is 433. The van der Waals surface area contributed by atoms with Crippen molar-refractivity contribution in [3.8, 4) is 11.4 Å². The van der Waals surface area contributed by atoms with Gasteiger partial charge in [-0.3, -0.25) is 0 Å². The van der Waals surface area contributed by atoms with Crippen molar-refractivity contribution in [1.29, 1.82) is 0 Å². The van der Waals surface area contributed by atoms with Crippen molar-refractivity contribution >= 4 is 5.69 Å². The van der Waals surface area contributed by atoms with Gasteiger partial charge >= 0.3 is 0 Å². The van der Waals surface area contributed by atoms with Gasteiger partial charge in [-0.1, -0.05) is 12.1 Å². The van der Waals surface area contributed by atoms with Crippen LogP contribution in [0.25, 0.3) is 11.4 Å². The molecular weight excluding hydrogens is 176 g/mol. The van der Waals surface area contributed by atoms with Gasteiger partial charge in [0.2, 0.25) is 0 Å². The highest BCUT2D eigenvalue weighted by Gasteiger charge is 2.04. The molecule has 0 aliphatic carbocycles. The lowest BCUT2D eigenvalue weighted by Crippen LogP contribution is -1.99. The molecule has 0 aliphatic heterocycles. The molecule has 2 aromatic rings. The van der Waals surface area contributed by atoms with Crippen LogP contribution in [0.1, 0.15) is 6.92 Å². The Kier molecular flexibility index (Phi) is 2.18. The van der Waals surface area contributed by atoms with E-state index in [9.17, 15) is 0 Å². The highest BCUT2D eigenvalue weighted by Crippen LogP contribution is 2.18. The monoisotopic (exact) mass is 188 g/mol. The van der Waals surface area contributed by atoms with Crippen LogP contribution < -0.4 is 5.73 Å². The first-order valence-electron chi connectivity index (χ1n) is 4.55. The van der Waals surface area contributed by atoms with Gasteiger partial charge in [0.25, 0.3) is 0 Å². The van der Waals surface area contributed by atoms with E-state index in [1.54, 1.807) is 6.33 Å². The lowest BCUT2D eigenvalue weighted by molar-refractivity contribution is 0.666. The van der Waals surface area contributed by atoms with Crippen LogP contribution in [0.5, 0.6) is 0 Å². The molecular formula is C10H12N4. The molecule has 4 nitrogen and oxygen atoms in total. The van der Waals surface area contributed by atoms with Crippen molar-refractivity contribution < 1.29 is 0 Å². The van der Waals surface area contributed by atoms with E-state index in [2.05, 4.69) is 10.1 Å². The molecule has 72 valence electrons. The van der Waals surface area contributed by atoms with E-state index in [1.807, 2.05) is 35.9 Å². The quantitative estimate of drug-likeness (QED) is 0.727. The second-order valence-electron chi connectivity index (χ2n) is 3.02. The summed E-state index contributed by atoms with van der Waals surface area (Å²) in [6, 6.07) is 7.65. The molecule has 0 amide bonds. The SMILES string of the molecule is CCn1ncnc1-c1cccc(N)c1. The van der Waals surface area contributed by atoms with Gasteiger partial charge < -0.3 is 5.73 Å². The molecule has 1 heterocycles. The molecule has 0 radical (unpaired) electrons. The molecule has 0 aliphatic rings. The fraction of sp³-hybridized carbons (Fsp3) is 0.200. The van der Waals surface area contributed by atoms with Crippen LogP contribution in [0, 0.1) is 0 Å². The number of hydrogen-bond acceptors (Lipinski definition) is 3. The van der Waals surface area contributed by atoms with Crippen molar-refractivity contribution in [1.82, 2.24) is 14.8 Å². The lowest BCUT2D eigenvalue weighted by Gasteiger charge is -2.03. The number of aryl methyl sites for hydroxylation is 1. The summed E-state index contributed by atoms with van der Waals surface area (Å²) in [4.78, 5) is 4.19. The van der Waals surface area contributed by atoms with E-state index in [1.165, 1.54) is 0 Å². The molecule has 1 aromatic carbocycles. The minimum Gasteiger partial charge on any atom is -0.399 e. The van der Waals surface area contributed by atoms with E-state index < -0.39 is 0 Å². The van der Waals surface area contributed by atoms with Crippen molar-refractivity contribution in [2.45, 2.75) is 13.5 Å². The van der Waals surface area contributed by atoms with Gasteiger partial charge in [0.05, 0.1) is 0 Å². The molecule has 0 atom stereocenters. The summed E-state index contributed by atoms with van der Waals surface area (Å²) in [5.74, 6) is 0.861. The number of aromatic nitrogens is 3. The minimum atomic E-state index is 0.744. The van der Waals surface area contributed by atoms with Crippen molar-refractivity contribution in [2.24, 2.45) is 0 Å². The average Bonchev–Trinajstić information content (AvgIpc) is 2.65. The molecule has 0 fully saturated rings. The maximum absolute atomic E-state index is 5.70. The first kappa shape index (κ1) is 8.74. The first-order valence-corrected chi connectivity index (χ1v) is 4.55. The van der Waals surface area contributed by atoms with E-state index in [4.69, 9.17) is 5.73 Å². The van der Waals surface area contributed by atoms with Gasteiger partial charge in [-0.2, -0.15) is 5.10 Å². The van der Waals surface area contributed by atoms with Crippen LogP contribution in [-0.4, -0.2) is 14.8 Å². The number of rotatable bonds is 2. The van der Waals surface area contributed by atoms with Crippen LogP contribution in [0.3, 0.4) is 0 Å². The zero-order chi connectivity index (χ0) is 9.97. The Balaban J connectivity index is 2.49. The van der Waals surface area contributed by atoms with Gasteiger partial charge in [0.1, 0.15) is 6.33 Å². The second kappa shape index (κ2) is 3.49. The predicted molar refractivity (Wildman–Crippen MR) is 55.5 cm³/mol. The summed E-state index contributed by atoms with van der Waals surface area (Å²) in [5, 5.41) is 4.11. The van der Waals surface area contributed by atoms with E-state index in [0.717, 1.165) is 23.6 Å². The largest absolute Gasteiger partial charge is 0.399 e. The standard InChI is InChI=1S/C10H12N4/c1-2-14-10(12-7-13-14)8-4-3-5-9(11)6-8/h3-7H,2,11H2,1H3. The number of nitrogen functional groups attached to an aromatic ring is 1. The van der Waals surface area contributed by atoms with Crippen LogP contribution >= 0.6 is 0 Å². The summed E-state index contributed by atoms with van der Waals surface area (Å²) in [5.41, 5.74) is 7.45. The molecule has 0 bridgehead atoms. The Hall–Kier alpha value is -1.84. The zero-order valence-corrected chi connectivity index (χ0v) is 8.01. The molecule has 1 aromatic heterocycles. The molecule has 0 saturated heterocycles. The third-order valence-electron chi connectivity index (χ3n) is 2.06. The van der Waals surface area contributed by atoms with Gasteiger partial charge in [0.15, 0.2) is 5.82 Å². The van der Waals surface area contributed by atoms with Gasteiger partial charge in [0, 0.05) is 17.8 Å². The summed E-state index contributed by atoms with van der Waals surface area (Å²) in [7, 11) is 0. The Morgan fingerprint density at radius 1 is 1.43 bits per heavy atom. The van der Waals surface area contributed by atoms with Crippen LogP contribution in [0.2, 0.25) is 0 Å². The van der Waals surface area contributed by atoms with Crippen molar-refractivity contribution in [3.05, 3.63) is 30.6 Å². The normalized spacial score (nSPS) is 10.4. The third-order valence-corrected chi connectivity index (χ3v) is 2.06. The number of benzene rings is 1. The summed E-state index contributed by atoms with van der Waals surface area (Å²) in [6.07, 6.45) is 1.56. The molecule has 0 unspecified atom stereocenters. The number of nitrogens with two attached hydrogens (primary N) is 1. The van der Waals surface area contributed by atoms with Crippen LogP contribution in [-0.2, 0) is 6.54 Å². The second-order valence-corrected chi connectivity index (χ2v) is 3.02. The average molecular weight is 188 g/mol. The molecule has 14 heavy (non-hydrogen) atoms.